The molecule has 9 heteroatoms. The molecule has 0 aromatic heterocycles. The average Bonchev–Trinajstić information content (AvgIpc) is 2.77. The first kappa shape index (κ1) is 24.0. The zero-order valence-corrected chi connectivity index (χ0v) is 19.4. The molecular formula is C24H26N4O4S. The fraction of sp³-hybridized carbons (Fsp3) is 0.167. The van der Waals surface area contributed by atoms with E-state index < -0.39 is 22.0 Å². The number of carbonyl (C=O) groups is 2. The Labute approximate surface area is 193 Å². The standard InChI is InChI=1S/C24H26N4O4S/c1-17-9-14-22(15-18(17)2)33(31,32)28(3)16-23(29)25-20-10-12-21(13-11-20)27-24(30)26-19-7-5-4-6-8-19/h4-15H,16H2,1-3H3,(H,25,29)(H2,26,27,30). The molecule has 0 radical (unpaired) electrons. The third kappa shape index (κ3) is 6.41. The van der Waals surface area contributed by atoms with Crippen molar-refractivity contribution in [1.82, 2.24) is 4.31 Å². The van der Waals surface area contributed by atoms with Gasteiger partial charge in [-0.2, -0.15) is 4.31 Å². The summed E-state index contributed by atoms with van der Waals surface area (Å²) in [4.78, 5) is 24.6. The van der Waals surface area contributed by atoms with E-state index in [1.165, 1.54) is 13.1 Å². The second kappa shape index (κ2) is 10.3. The second-order valence-electron chi connectivity index (χ2n) is 7.58. The van der Waals surface area contributed by atoms with Crippen LogP contribution in [0.2, 0.25) is 0 Å². The van der Waals surface area contributed by atoms with Gasteiger partial charge in [0.1, 0.15) is 0 Å². The van der Waals surface area contributed by atoms with E-state index in [0.717, 1.165) is 15.4 Å². The van der Waals surface area contributed by atoms with Crippen LogP contribution in [0.3, 0.4) is 0 Å². The van der Waals surface area contributed by atoms with Crippen molar-refractivity contribution in [2.24, 2.45) is 0 Å². The van der Waals surface area contributed by atoms with Gasteiger partial charge in [-0.25, -0.2) is 13.2 Å². The largest absolute Gasteiger partial charge is 0.325 e. The Kier molecular flexibility index (Phi) is 7.47. The van der Waals surface area contributed by atoms with Gasteiger partial charge in [-0.3, -0.25) is 4.79 Å². The van der Waals surface area contributed by atoms with Crippen molar-refractivity contribution >= 4 is 39.0 Å². The highest BCUT2D eigenvalue weighted by Crippen LogP contribution is 2.19. The zero-order valence-electron chi connectivity index (χ0n) is 18.6. The molecule has 0 bridgehead atoms. The van der Waals surface area contributed by atoms with Crippen molar-refractivity contribution in [1.29, 1.82) is 0 Å². The van der Waals surface area contributed by atoms with Crippen LogP contribution in [0.25, 0.3) is 0 Å². The quantitative estimate of drug-likeness (QED) is 0.485. The number of hydrogen-bond acceptors (Lipinski definition) is 4. The van der Waals surface area contributed by atoms with E-state index in [9.17, 15) is 18.0 Å². The van der Waals surface area contributed by atoms with E-state index in [0.29, 0.717) is 17.1 Å². The third-order valence-electron chi connectivity index (χ3n) is 5.01. The third-order valence-corrected chi connectivity index (χ3v) is 6.81. The lowest BCUT2D eigenvalue weighted by Crippen LogP contribution is -2.35. The summed E-state index contributed by atoms with van der Waals surface area (Å²) in [5.41, 5.74) is 3.53. The molecule has 0 aliphatic heterocycles. The second-order valence-corrected chi connectivity index (χ2v) is 9.62. The van der Waals surface area contributed by atoms with E-state index >= 15 is 0 Å². The molecule has 8 nitrogen and oxygen atoms in total. The van der Waals surface area contributed by atoms with Gasteiger partial charge in [0.15, 0.2) is 0 Å². The Morgan fingerprint density at radius 2 is 1.30 bits per heavy atom. The SMILES string of the molecule is Cc1ccc(S(=O)(=O)N(C)CC(=O)Nc2ccc(NC(=O)Nc3ccccc3)cc2)cc1C. The van der Waals surface area contributed by atoms with Gasteiger partial charge >= 0.3 is 6.03 Å². The van der Waals surface area contributed by atoms with Gasteiger partial charge in [-0.15, -0.1) is 0 Å². The van der Waals surface area contributed by atoms with Gasteiger partial charge < -0.3 is 16.0 Å². The molecule has 0 aliphatic rings. The number of para-hydroxylation sites is 1. The van der Waals surface area contributed by atoms with Crippen molar-refractivity contribution in [3.63, 3.8) is 0 Å². The number of likely N-dealkylation sites (N-methyl/N-ethyl adjacent to an activating group) is 1. The Morgan fingerprint density at radius 1 is 0.758 bits per heavy atom. The Hall–Kier alpha value is -3.69. The first-order valence-corrected chi connectivity index (χ1v) is 11.7. The minimum Gasteiger partial charge on any atom is -0.325 e. The number of anilines is 3. The lowest BCUT2D eigenvalue weighted by atomic mass is 10.1. The van der Waals surface area contributed by atoms with Crippen molar-refractivity contribution in [2.75, 3.05) is 29.5 Å². The molecule has 0 spiro atoms. The first-order valence-electron chi connectivity index (χ1n) is 10.2. The number of benzene rings is 3. The van der Waals surface area contributed by atoms with E-state index in [-0.39, 0.29) is 11.4 Å². The molecule has 172 valence electrons. The number of amides is 3. The molecule has 0 unspecified atom stereocenters. The summed E-state index contributed by atoms with van der Waals surface area (Å²) < 4.78 is 26.5. The smallest absolute Gasteiger partial charge is 0.323 e. The van der Waals surface area contributed by atoms with Crippen LogP contribution < -0.4 is 16.0 Å². The number of nitrogens with one attached hydrogen (secondary N) is 3. The Morgan fingerprint density at radius 3 is 1.88 bits per heavy atom. The van der Waals surface area contributed by atoms with Crippen LogP contribution >= 0.6 is 0 Å². The van der Waals surface area contributed by atoms with Crippen molar-refractivity contribution < 1.29 is 18.0 Å². The van der Waals surface area contributed by atoms with Crippen LogP contribution in [-0.4, -0.2) is 38.3 Å². The predicted molar refractivity (Wildman–Crippen MR) is 130 cm³/mol. The van der Waals surface area contributed by atoms with Crippen LogP contribution in [0.4, 0.5) is 21.9 Å². The number of sulfonamides is 1. The molecule has 0 heterocycles. The van der Waals surface area contributed by atoms with Crippen LogP contribution in [0.5, 0.6) is 0 Å². The van der Waals surface area contributed by atoms with E-state index in [2.05, 4.69) is 16.0 Å². The molecule has 3 aromatic rings. The Bertz CT molecular complexity index is 1240. The summed E-state index contributed by atoms with van der Waals surface area (Å²) in [5, 5.41) is 8.07. The topological polar surface area (TPSA) is 108 Å². The van der Waals surface area contributed by atoms with Gasteiger partial charge in [0.2, 0.25) is 15.9 Å². The lowest BCUT2D eigenvalue weighted by molar-refractivity contribution is -0.116. The molecule has 33 heavy (non-hydrogen) atoms. The molecule has 3 aromatic carbocycles. The predicted octanol–water partition coefficient (Wildman–Crippen LogP) is 4.21. The van der Waals surface area contributed by atoms with Gasteiger partial charge in [0.05, 0.1) is 11.4 Å². The number of aryl methyl sites for hydroxylation is 2. The molecule has 0 saturated heterocycles. The van der Waals surface area contributed by atoms with Crippen LogP contribution in [0.1, 0.15) is 11.1 Å². The highest BCUT2D eigenvalue weighted by molar-refractivity contribution is 7.89. The fourth-order valence-corrected chi connectivity index (χ4v) is 4.21. The summed E-state index contributed by atoms with van der Waals surface area (Å²) in [5.74, 6) is -0.479. The summed E-state index contributed by atoms with van der Waals surface area (Å²) in [6.45, 7) is 3.40. The van der Waals surface area contributed by atoms with Crippen molar-refractivity contribution in [3.05, 3.63) is 83.9 Å². The van der Waals surface area contributed by atoms with Crippen LogP contribution in [0.15, 0.2) is 77.7 Å². The lowest BCUT2D eigenvalue weighted by Gasteiger charge is -2.17. The molecule has 3 N–H and O–H groups in total. The molecule has 0 aliphatic carbocycles. The molecule has 3 rings (SSSR count). The highest BCUT2D eigenvalue weighted by atomic mass is 32.2. The van der Waals surface area contributed by atoms with Gasteiger partial charge in [-0.1, -0.05) is 24.3 Å². The zero-order chi connectivity index (χ0) is 24.0. The number of urea groups is 1. The van der Waals surface area contributed by atoms with Crippen molar-refractivity contribution in [2.45, 2.75) is 18.7 Å². The number of hydrogen-bond donors (Lipinski definition) is 3. The normalized spacial score (nSPS) is 11.2. The minimum absolute atomic E-state index is 0.144. The van der Waals surface area contributed by atoms with E-state index in [4.69, 9.17) is 0 Å². The summed E-state index contributed by atoms with van der Waals surface area (Å²) >= 11 is 0. The number of carbonyl (C=O) groups excluding carboxylic acids is 2. The van der Waals surface area contributed by atoms with E-state index in [1.54, 1.807) is 48.5 Å². The summed E-state index contributed by atoms with van der Waals surface area (Å²) in [6, 6.07) is 20.0. The van der Waals surface area contributed by atoms with Crippen LogP contribution in [-0.2, 0) is 14.8 Å². The van der Waals surface area contributed by atoms with Gasteiger partial charge in [0.25, 0.3) is 0 Å². The molecule has 3 amide bonds. The van der Waals surface area contributed by atoms with Gasteiger partial charge in [-0.05, 0) is 73.5 Å². The summed E-state index contributed by atoms with van der Waals surface area (Å²) in [7, 11) is -2.43. The van der Waals surface area contributed by atoms with Crippen molar-refractivity contribution in [3.8, 4) is 0 Å². The van der Waals surface area contributed by atoms with Crippen LogP contribution in [0, 0.1) is 13.8 Å². The molecule has 0 saturated carbocycles. The maximum Gasteiger partial charge on any atom is 0.323 e. The molecular weight excluding hydrogens is 440 g/mol. The highest BCUT2D eigenvalue weighted by Gasteiger charge is 2.23. The minimum atomic E-state index is -3.79. The number of rotatable bonds is 7. The summed E-state index contributed by atoms with van der Waals surface area (Å²) in [6.07, 6.45) is 0. The number of nitrogens with zero attached hydrogens (tertiary/aromatic N) is 1. The Balaban J connectivity index is 1.55. The maximum absolute atomic E-state index is 12.8. The molecule has 0 fully saturated rings. The molecule has 0 atom stereocenters. The average molecular weight is 467 g/mol. The first-order chi connectivity index (χ1) is 15.6. The monoisotopic (exact) mass is 466 g/mol. The fourth-order valence-electron chi connectivity index (χ4n) is 2.99. The maximum atomic E-state index is 12.8. The van der Waals surface area contributed by atoms with Gasteiger partial charge in [0, 0.05) is 24.1 Å². The van der Waals surface area contributed by atoms with E-state index in [1.807, 2.05) is 32.0 Å².